The first-order valence-electron chi connectivity index (χ1n) is 10.8. The zero-order valence-corrected chi connectivity index (χ0v) is 23.0. The molecule has 0 spiro atoms. The van der Waals surface area contributed by atoms with E-state index >= 15 is 0 Å². The molecule has 1 amide bonds. The van der Waals surface area contributed by atoms with Gasteiger partial charge in [-0.15, -0.1) is 0 Å². The van der Waals surface area contributed by atoms with E-state index in [0.717, 1.165) is 10.4 Å². The molecule has 0 aliphatic carbocycles. The molecule has 0 saturated carbocycles. The van der Waals surface area contributed by atoms with Crippen LogP contribution in [0.4, 0.5) is 11.4 Å². The maximum absolute atomic E-state index is 13.7. The minimum atomic E-state index is -4.34. The standard InChI is InChI=1S/C25H21Cl3N4O4S/c1-15-23(25(34)32(30(15)2)18-7-5-4-6-8-18)31(3)37(35,36)22-13-16(9-11-19(22)27)24(33)29-21-12-10-17(26)14-20(21)28/h4-14H,1-3H3,(H,29,33). The van der Waals surface area contributed by atoms with Gasteiger partial charge in [0.1, 0.15) is 10.6 Å². The lowest BCUT2D eigenvalue weighted by atomic mass is 10.2. The van der Waals surface area contributed by atoms with Crippen molar-refractivity contribution in [2.45, 2.75) is 11.8 Å². The number of carbonyl (C=O) groups is 1. The Morgan fingerprint density at radius 2 is 1.62 bits per heavy atom. The summed E-state index contributed by atoms with van der Waals surface area (Å²) >= 11 is 18.3. The molecule has 37 heavy (non-hydrogen) atoms. The van der Waals surface area contributed by atoms with Crippen LogP contribution in [0.2, 0.25) is 15.1 Å². The average molecular weight is 580 g/mol. The van der Waals surface area contributed by atoms with E-state index in [1.165, 1.54) is 36.0 Å². The number of rotatable bonds is 6. The fourth-order valence-electron chi connectivity index (χ4n) is 3.81. The summed E-state index contributed by atoms with van der Waals surface area (Å²) in [7, 11) is -1.42. The molecule has 1 aromatic heterocycles. The van der Waals surface area contributed by atoms with Gasteiger partial charge in [-0.1, -0.05) is 53.0 Å². The van der Waals surface area contributed by atoms with Crippen molar-refractivity contribution in [2.24, 2.45) is 7.05 Å². The second-order valence-electron chi connectivity index (χ2n) is 8.11. The van der Waals surface area contributed by atoms with Gasteiger partial charge in [-0.2, -0.15) is 0 Å². The highest BCUT2D eigenvalue weighted by molar-refractivity contribution is 7.93. The number of hydrogen-bond acceptors (Lipinski definition) is 4. The van der Waals surface area contributed by atoms with Crippen LogP contribution in [0.3, 0.4) is 0 Å². The fraction of sp³-hybridized carbons (Fsp3) is 0.120. The Labute approximate surface area is 228 Å². The van der Waals surface area contributed by atoms with Crippen LogP contribution in [-0.4, -0.2) is 30.7 Å². The predicted molar refractivity (Wildman–Crippen MR) is 147 cm³/mol. The number of nitrogens with one attached hydrogen (secondary N) is 1. The van der Waals surface area contributed by atoms with Gasteiger partial charge >= 0.3 is 0 Å². The minimum absolute atomic E-state index is 0.0221. The zero-order valence-electron chi connectivity index (χ0n) is 19.9. The molecule has 8 nitrogen and oxygen atoms in total. The monoisotopic (exact) mass is 578 g/mol. The van der Waals surface area contributed by atoms with Crippen molar-refractivity contribution < 1.29 is 13.2 Å². The van der Waals surface area contributed by atoms with Crippen LogP contribution in [0.25, 0.3) is 5.69 Å². The topological polar surface area (TPSA) is 93.4 Å². The average Bonchev–Trinajstić information content (AvgIpc) is 3.08. The third-order valence-electron chi connectivity index (χ3n) is 5.85. The van der Waals surface area contributed by atoms with Crippen LogP contribution in [0.15, 0.2) is 76.4 Å². The number of carbonyl (C=O) groups excluding carboxylic acids is 1. The predicted octanol–water partition coefficient (Wildman–Crippen LogP) is 5.52. The largest absolute Gasteiger partial charge is 0.321 e. The molecule has 4 rings (SSSR count). The van der Waals surface area contributed by atoms with E-state index < -0.39 is 21.5 Å². The van der Waals surface area contributed by atoms with Crippen LogP contribution >= 0.6 is 34.8 Å². The Bertz CT molecular complexity index is 1680. The highest BCUT2D eigenvalue weighted by Gasteiger charge is 2.31. The molecule has 0 bridgehead atoms. The van der Waals surface area contributed by atoms with E-state index in [0.29, 0.717) is 22.1 Å². The molecule has 0 aliphatic rings. The van der Waals surface area contributed by atoms with Crippen LogP contribution in [0, 0.1) is 6.92 Å². The molecular formula is C25H21Cl3N4O4S. The van der Waals surface area contributed by atoms with Gasteiger partial charge in [0.25, 0.3) is 21.5 Å². The summed E-state index contributed by atoms with van der Waals surface area (Å²) in [5, 5.41) is 3.13. The SMILES string of the molecule is Cc1c(N(C)S(=O)(=O)c2cc(C(=O)Nc3ccc(Cl)cc3Cl)ccc2Cl)c(=O)n(-c2ccccc2)n1C. The number of aromatic nitrogens is 2. The van der Waals surface area contributed by atoms with Gasteiger partial charge in [-0.3, -0.25) is 18.6 Å². The van der Waals surface area contributed by atoms with Crippen molar-refractivity contribution in [1.82, 2.24) is 9.36 Å². The van der Waals surface area contributed by atoms with Gasteiger partial charge in [0.2, 0.25) is 0 Å². The normalized spacial score (nSPS) is 11.4. The summed E-state index contributed by atoms with van der Waals surface area (Å²) < 4.78 is 31.1. The number of sulfonamides is 1. The van der Waals surface area contributed by atoms with E-state index in [1.54, 1.807) is 49.0 Å². The molecule has 0 radical (unpaired) electrons. The summed E-state index contributed by atoms with van der Waals surface area (Å²) in [4.78, 5) is 25.9. The summed E-state index contributed by atoms with van der Waals surface area (Å²) in [5.41, 5.74) is 0.739. The maximum Gasteiger partial charge on any atom is 0.296 e. The molecule has 192 valence electrons. The third-order valence-corrected chi connectivity index (χ3v) is 8.64. The van der Waals surface area contributed by atoms with Crippen molar-refractivity contribution >= 4 is 62.1 Å². The number of halogens is 3. The maximum atomic E-state index is 13.7. The molecule has 0 unspecified atom stereocenters. The lowest BCUT2D eigenvalue weighted by molar-refractivity contribution is 0.102. The molecule has 0 atom stereocenters. The Hall–Kier alpha value is -3.24. The van der Waals surface area contributed by atoms with E-state index in [-0.39, 0.29) is 26.2 Å². The number of nitrogens with zero attached hydrogens (tertiary/aromatic N) is 3. The highest BCUT2D eigenvalue weighted by Crippen LogP contribution is 2.30. The van der Waals surface area contributed by atoms with Crippen molar-refractivity contribution in [2.75, 3.05) is 16.7 Å². The first-order chi connectivity index (χ1) is 17.4. The molecular weight excluding hydrogens is 559 g/mol. The number of benzene rings is 3. The number of hydrogen-bond donors (Lipinski definition) is 1. The first kappa shape index (κ1) is 26.8. The minimum Gasteiger partial charge on any atom is -0.321 e. The second kappa shape index (κ2) is 10.3. The van der Waals surface area contributed by atoms with Gasteiger partial charge in [-0.05, 0) is 55.5 Å². The molecule has 4 aromatic rings. The van der Waals surface area contributed by atoms with Gasteiger partial charge in [0, 0.05) is 24.7 Å². The second-order valence-corrected chi connectivity index (χ2v) is 11.3. The van der Waals surface area contributed by atoms with Crippen LogP contribution < -0.4 is 15.2 Å². The zero-order chi connectivity index (χ0) is 27.1. The van der Waals surface area contributed by atoms with Crippen molar-refractivity contribution in [3.8, 4) is 5.69 Å². The van der Waals surface area contributed by atoms with E-state index in [9.17, 15) is 18.0 Å². The Morgan fingerprint density at radius 1 is 0.946 bits per heavy atom. The van der Waals surface area contributed by atoms with Crippen molar-refractivity contribution in [3.63, 3.8) is 0 Å². The molecule has 0 aliphatic heterocycles. The van der Waals surface area contributed by atoms with Gasteiger partial charge < -0.3 is 5.32 Å². The molecule has 12 heteroatoms. The lowest BCUT2D eigenvalue weighted by Crippen LogP contribution is -2.32. The van der Waals surface area contributed by atoms with Crippen molar-refractivity contribution in [3.05, 3.63) is 103 Å². The number of para-hydroxylation sites is 1. The number of anilines is 2. The van der Waals surface area contributed by atoms with Crippen molar-refractivity contribution in [1.29, 1.82) is 0 Å². The molecule has 1 heterocycles. The summed E-state index contributed by atoms with van der Waals surface area (Å²) in [6.07, 6.45) is 0. The van der Waals surface area contributed by atoms with Gasteiger partial charge in [-0.25, -0.2) is 13.1 Å². The van der Waals surface area contributed by atoms with Crippen LogP contribution in [-0.2, 0) is 17.1 Å². The Balaban J connectivity index is 1.73. The number of amides is 1. The van der Waals surface area contributed by atoms with E-state index in [2.05, 4.69) is 5.32 Å². The highest BCUT2D eigenvalue weighted by atomic mass is 35.5. The molecule has 3 aromatic carbocycles. The third kappa shape index (κ3) is 5.00. The Morgan fingerprint density at radius 3 is 2.27 bits per heavy atom. The quantitative estimate of drug-likeness (QED) is 0.325. The van der Waals surface area contributed by atoms with Gasteiger partial charge in [0.05, 0.1) is 27.1 Å². The Kier molecular flexibility index (Phi) is 7.43. The van der Waals surface area contributed by atoms with Crippen LogP contribution in [0.1, 0.15) is 16.1 Å². The summed E-state index contributed by atoms with van der Waals surface area (Å²) in [6, 6.07) is 17.2. The van der Waals surface area contributed by atoms with E-state index in [1.807, 2.05) is 6.07 Å². The summed E-state index contributed by atoms with van der Waals surface area (Å²) in [6.45, 7) is 1.64. The smallest absolute Gasteiger partial charge is 0.296 e. The molecule has 1 N–H and O–H groups in total. The molecule has 0 saturated heterocycles. The van der Waals surface area contributed by atoms with E-state index in [4.69, 9.17) is 34.8 Å². The first-order valence-corrected chi connectivity index (χ1v) is 13.4. The molecule has 0 fully saturated rings. The van der Waals surface area contributed by atoms with Crippen LogP contribution in [0.5, 0.6) is 0 Å². The summed E-state index contributed by atoms with van der Waals surface area (Å²) in [5.74, 6) is -0.609. The fourth-order valence-corrected chi connectivity index (χ4v) is 6.01. The van der Waals surface area contributed by atoms with Gasteiger partial charge in [0.15, 0.2) is 0 Å². The lowest BCUT2D eigenvalue weighted by Gasteiger charge is -2.19.